The summed E-state index contributed by atoms with van der Waals surface area (Å²) in [7, 11) is 0. The Labute approximate surface area is 110 Å². The van der Waals surface area contributed by atoms with Crippen molar-refractivity contribution >= 4 is 0 Å². The van der Waals surface area contributed by atoms with Gasteiger partial charge in [-0.15, -0.1) is 0 Å². The summed E-state index contributed by atoms with van der Waals surface area (Å²) >= 11 is 0. The average molecular weight is 254 g/mol. The van der Waals surface area contributed by atoms with Crippen molar-refractivity contribution in [3.8, 4) is 0 Å². The summed E-state index contributed by atoms with van der Waals surface area (Å²) in [5.41, 5.74) is 6.81. The Balaban J connectivity index is 1.71. The summed E-state index contributed by atoms with van der Waals surface area (Å²) in [6.07, 6.45) is 2.77. The van der Waals surface area contributed by atoms with Gasteiger partial charge in [0.25, 0.3) is 0 Å². The van der Waals surface area contributed by atoms with Crippen molar-refractivity contribution in [1.82, 2.24) is 4.90 Å². The number of nitrogens with two attached hydrogens (primary N) is 1. The number of nitrogens with zero attached hydrogens (tertiary/aromatic N) is 1. The number of rotatable bonds is 2. The SMILES string of the molecule is CC1(C)C2OCCCC2C1(N)CN1CCOCC1. The summed E-state index contributed by atoms with van der Waals surface area (Å²) in [6, 6.07) is 0. The van der Waals surface area contributed by atoms with Crippen molar-refractivity contribution in [3.63, 3.8) is 0 Å². The molecule has 2 saturated heterocycles. The van der Waals surface area contributed by atoms with E-state index in [0.717, 1.165) is 39.5 Å². The highest BCUT2D eigenvalue weighted by Crippen LogP contribution is 2.57. The zero-order valence-electron chi connectivity index (χ0n) is 11.7. The molecule has 4 nitrogen and oxygen atoms in total. The largest absolute Gasteiger partial charge is 0.379 e. The van der Waals surface area contributed by atoms with Crippen LogP contribution in [0.1, 0.15) is 26.7 Å². The third-order valence-electron chi connectivity index (χ3n) is 5.48. The Morgan fingerprint density at radius 1 is 1.22 bits per heavy atom. The molecular formula is C14H26N2O2. The molecule has 1 aliphatic carbocycles. The van der Waals surface area contributed by atoms with Gasteiger partial charge in [0.05, 0.1) is 19.3 Å². The molecule has 4 heteroatoms. The zero-order chi connectivity index (χ0) is 12.8. The summed E-state index contributed by atoms with van der Waals surface area (Å²) in [5, 5.41) is 0. The molecule has 3 fully saturated rings. The molecule has 3 atom stereocenters. The second-order valence-electron chi connectivity index (χ2n) is 6.69. The highest BCUT2D eigenvalue weighted by molar-refractivity contribution is 5.20. The molecule has 3 rings (SSSR count). The van der Waals surface area contributed by atoms with Gasteiger partial charge in [-0.25, -0.2) is 0 Å². The Hall–Kier alpha value is -0.160. The van der Waals surface area contributed by atoms with Gasteiger partial charge in [0.2, 0.25) is 0 Å². The minimum atomic E-state index is -0.0879. The minimum Gasteiger partial charge on any atom is -0.379 e. The predicted octanol–water partition coefficient (Wildman–Crippen LogP) is 0.851. The molecule has 3 unspecified atom stereocenters. The van der Waals surface area contributed by atoms with Gasteiger partial charge in [-0.3, -0.25) is 4.90 Å². The van der Waals surface area contributed by atoms with Gasteiger partial charge in [-0.1, -0.05) is 13.8 Å². The number of morpholine rings is 1. The maximum atomic E-state index is 6.80. The molecule has 0 aromatic carbocycles. The fourth-order valence-corrected chi connectivity index (χ4v) is 4.12. The van der Waals surface area contributed by atoms with Gasteiger partial charge in [-0.05, 0) is 12.8 Å². The van der Waals surface area contributed by atoms with E-state index in [0.29, 0.717) is 12.0 Å². The molecule has 2 aliphatic heterocycles. The van der Waals surface area contributed by atoms with Crippen LogP contribution in [-0.4, -0.2) is 56.0 Å². The van der Waals surface area contributed by atoms with E-state index in [1.165, 1.54) is 12.8 Å². The van der Waals surface area contributed by atoms with Gasteiger partial charge in [0.15, 0.2) is 0 Å². The molecule has 2 N–H and O–H groups in total. The van der Waals surface area contributed by atoms with Crippen LogP contribution in [0.5, 0.6) is 0 Å². The number of fused-ring (bicyclic) bond motifs is 1. The lowest BCUT2D eigenvalue weighted by Crippen LogP contribution is -2.80. The standard InChI is InChI=1S/C14H26N2O2/c1-13(2)12-11(4-3-7-18-12)14(13,15)10-16-5-8-17-9-6-16/h11-12H,3-10,15H2,1-2H3. The first-order valence-electron chi connectivity index (χ1n) is 7.26. The van der Waals surface area contributed by atoms with E-state index in [4.69, 9.17) is 15.2 Å². The lowest BCUT2D eigenvalue weighted by molar-refractivity contribution is -0.233. The highest BCUT2D eigenvalue weighted by atomic mass is 16.5. The summed E-state index contributed by atoms with van der Waals surface area (Å²) in [5.74, 6) is 0.545. The fourth-order valence-electron chi connectivity index (χ4n) is 4.12. The van der Waals surface area contributed by atoms with Crippen molar-refractivity contribution < 1.29 is 9.47 Å². The monoisotopic (exact) mass is 254 g/mol. The zero-order valence-corrected chi connectivity index (χ0v) is 11.7. The predicted molar refractivity (Wildman–Crippen MR) is 70.4 cm³/mol. The third kappa shape index (κ3) is 1.73. The first-order chi connectivity index (χ1) is 8.56. The van der Waals surface area contributed by atoms with Gasteiger partial charge < -0.3 is 15.2 Å². The van der Waals surface area contributed by atoms with E-state index < -0.39 is 0 Å². The second-order valence-corrected chi connectivity index (χ2v) is 6.69. The van der Waals surface area contributed by atoms with E-state index in [-0.39, 0.29) is 11.0 Å². The van der Waals surface area contributed by atoms with E-state index in [1.807, 2.05) is 0 Å². The molecule has 3 aliphatic rings. The normalized spacial score (nSPS) is 44.2. The number of ether oxygens (including phenoxy) is 2. The summed E-state index contributed by atoms with van der Waals surface area (Å²) in [6.45, 7) is 10.2. The van der Waals surface area contributed by atoms with Gasteiger partial charge in [0, 0.05) is 43.1 Å². The van der Waals surface area contributed by atoms with E-state index in [1.54, 1.807) is 0 Å². The number of hydrogen-bond acceptors (Lipinski definition) is 4. The first-order valence-corrected chi connectivity index (χ1v) is 7.26. The van der Waals surface area contributed by atoms with Crippen LogP contribution in [0, 0.1) is 11.3 Å². The minimum absolute atomic E-state index is 0.0879. The number of hydrogen-bond donors (Lipinski definition) is 1. The first kappa shape index (κ1) is 12.9. The highest BCUT2D eigenvalue weighted by Gasteiger charge is 2.66. The molecule has 1 saturated carbocycles. The van der Waals surface area contributed by atoms with E-state index in [9.17, 15) is 0 Å². The molecule has 0 aromatic rings. The summed E-state index contributed by atoms with van der Waals surface area (Å²) < 4.78 is 11.4. The Morgan fingerprint density at radius 3 is 2.67 bits per heavy atom. The van der Waals surface area contributed by atoms with Crippen molar-refractivity contribution in [2.24, 2.45) is 17.1 Å². The van der Waals surface area contributed by atoms with Crippen LogP contribution in [0.2, 0.25) is 0 Å². The average Bonchev–Trinajstić information content (AvgIpc) is 2.40. The molecule has 0 bridgehead atoms. The fraction of sp³-hybridized carbons (Fsp3) is 1.00. The Kier molecular flexibility index (Phi) is 3.17. The Morgan fingerprint density at radius 2 is 1.94 bits per heavy atom. The molecule has 0 radical (unpaired) electrons. The molecule has 0 amide bonds. The summed E-state index contributed by atoms with van der Waals surface area (Å²) in [4.78, 5) is 2.47. The van der Waals surface area contributed by atoms with Crippen molar-refractivity contribution in [3.05, 3.63) is 0 Å². The molecular weight excluding hydrogens is 228 g/mol. The smallest absolute Gasteiger partial charge is 0.0690 e. The van der Waals surface area contributed by atoms with Gasteiger partial charge in [-0.2, -0.15) is 0 Å². The van der Waals surface area contributed by atoms with Crippen molar-refractivity contribution in [2.75, 3.05) is 39.5 Å². The Bertz CT molecular complexity index is 315. The van der Waals surface area contributed by atoms with Crippen LogP contribution in [0.15, 0.2) is 0 Å². The molecule has 104 valence electrons. The van der Waals surface area contributed by atoms with Crippen LogP contribution in [-0.2, 0) is 9.47 Å². The molecule has 18 heavy (non-hydrogen) atoms. The molecule has 0 spiro atoms. The topological polar surface area (TPSA) is 47.7 Å². The van der Waals surface area contributed by atoms with Crippen LogP contribution in [0.25, 0.3) is 0 Å². The molecule has 0 aromatic heterocycles. The van der Waals surface area contributed by atoms with Crippen molar-refractivity contribution in [1.29, 1.82) is 0 Å². The lowest BCUT2D eigenvalue weighted by Gasteiger charge is -2.67. The maximum Gasteiger partial charge on any atom is 0.0690 e. The molecule has 2 heterocycles. The van der Waals surface area contributed by atoms with E-state index in [2.05, 4.69) is 18.7 Å². The van der Waals surface area contributed by atoms with Crippen LogP contribution in [0.3, 0.4) is 0 Å². The second kappa shape index (κ2) is 4.44. The van der Waals surface area contributed by atoms with Gasteiger partial charge in [0.1, 0.15) is 0 Å². The maximum absolute atomic E-state index is 6.80. The van der Waals surface area contributed by atoms with E-state index >= 15 is 0 Å². The van der Waals surface area contributed by atoms with Crippen LogP contribution < -0.4 is 5.73 Å². The van der Waals surface area contributed by atoms with Crippen molar-refractivity contribution in [2.45, 2.75) is 38.3 Å². The third-order valence-corrected chi connectivity index (χ3v) is 5.48. The quantitative estimate of drug-likeness (QED) is 0.794. The van der Waals surface area contributed by atoms with Gasteiger partial charge >= 0.3 is 0 Å². The van der Waals surface area contributed by atoms with Crippen LogP contribution in [0.4, 0.5) is 0 Å². The van der Waals surface area contributed by atoms with Crippen LogP contribution >= 0.6 is 0 Å². The lowest BCUT2D eigenvalue weighted by atomic mass is 9.46.